The van der Waals surface area contributed by atoms with E-state index in [2.05, 4.69) is 18.7 Å². The van der Waals surface area contributed by atoms with Crippen LogP contribution in [0.3, 0.4) is 0 Å². The van der Waals surface area contributed by atoms with Gasteiger partial charge in [-0.3, -0.25) is 0 Å². The van der Waals surface area contributed by atoms with Gasteiger partial charge >= 0.3 is 0 Å². The predicted octanol–water partition coefficient (Wildman–Crippen LogP) is 1.52. The van der Waals surface area contributed by atoms with Gasteiger partial charge in [0, 0.05) is 32.8 Å². The molecule has 0 aromatic heterocycles. The molecule has 1 heterocycles. The van der Waals surface area contributed by atoms with E-state index < -0.39 is 0 Å². The van der Waals surface area contributed by atoms with Gasteiger partial charge in [-0.1, -0.05) is 0 Å². The van der Waals surface area contributed by atoms with Crippen molar-refractivity contribution in [2.75, 3.05) is 39.5 Å². The fraction of sp³-hybridized carbons (Fsp3) is 1.00. The van der Waals surface area contributed by atoms with Crippen LogP contribution in [0.1, 0.15) is 26.7 Å². The molecule has 1 aliphatic rings. The van der Waals surface area contributed by atoms with Crippen LogP contribution >= 0.6 is 0 Å². The fourth-order valence-corrected chi connectivity index (χ4v) is 1.63. The van der Waals surface area contributed by atoms with E-state index in [1.165, 1.54) is 13.0 Å². The van der Waals surface area contributed by atoms with Crippen molar-refractivity contribution in [3.8, 4) is 0 Å². The van der Waals surface area contributed by atoms with Crippen LogP contribution < -0.4 is 0 Å². The van der Waals surface area contributed by atoms with E-state index in [0.29, 0.717) is 6.10 Å². The second-order valence-electron chi connectivity index (χ2n) is 4.08. The third-order valence-corrected chi connectivity index (χ3v) is 2.38. The second-order valence-corrected chi connectivity index (χ2v) is 4.08. The summed E-state index contributed by atoms with van der Waals surface area (Å²) in [6.07, 6.45) is 2.67. The molecule has 1 rings (SSSR count). The van der Waals surface area contributed by atoms with Crippen molar-refractivity contribution < 1.29 is 9.47 Å². The molecule has 3 nitrogen and oxygen atoms in total. The minimum atomic E-state index is 0.363. The molecule has 1 saturated heterocycles. The Morgan fingerprint density at radius 1 is 1.29 bits per heavy atom. The quantitative estimate of drug-likeness (QED) is 0.630. The van der Waals surface area contributed by atoms with Gasteiger partial charge in [0.15, 0.2) is 0 Å². The smallest absolute Gasteiger partial charge is 0.0593 e. The molecule has 84 valence electrons. The van der Waals surface area contributed by atoms with Crippen LogP contribution in [0.15, 0.2) is 0 Å². The molecule has 1 aliphatic heterocycles. The molecular weight excluding hydrogens is 178 g/mol. The Bertz CT molecular complexity index is 131. The average Bonchev–Trinajstić information content (AvgIpc) is 2.40. The second kappa shape index (κ2) is 7.21. The lowest BCUT2D eigenvalue weighted by atomic mass is 10.3. The van der Waals surface area contributed by atoms with Crippen LogP contribution in [0.4, 0.5) is 0 Å². The van der Waals surface area contributed by atoms with E-state index in [1.54, 1.807) is 0 Å². The highest BCUT2D eigenvalue weighted by molar-refractivity contribution is 4.60. The third-order valence-electron chi connectivity index (χ3n) is 2.38. The van der Waals surface area contributed by atoms with Gasteiger partial charge in [0.05, 0.1) is 12.7 Å². The fourth-order valence-electron chi connectivity index (χ4n) is 1.63. The monoisotopic (exact) mass is 201 g/mol. The first-order chi connectivity index (χ1) is 6.79. The van der Waals surface area contributed by atoms with Crippen LogP contribution in [0, 0.1) is 0 Å². The van der Waals surface area contributed by atoms with Crippen LogP contribution in [0.5, 0.6) is 0 Å². The summed E-state index contributed by atoms with van der Waals surface area (Å²) in [6.45, 7) is 10.3. The van der Waals surface area contributed by atoms with Crippen molar-refractivity contribution in [1.29, 1.82) is 0 Å². The van der Waals surface area contributed by atoms with E-state index in [1.807, 2.05) is 0 Å². The van der Waals surface area contributed by atoms with Crippen molar-refractivity contribution in [3.63, 3.8) is 0 Å². The summed E-state index contributed by atoms with van der Waals surface area (Å²) in [5.74, 6) is 0. The molecule has 0 amide bonds. The molecule has 0 bridgehead atoms. The number of rotatable bonds is 5. The lowest BCUT2D eigenvalue weighted by Gasteiger charge is -2.19. The number of nitrogens with zero attached hydrogens (tertiary/aromatic N) is 1. The molecule has 0 unspecified atom stereocenters. The summed E-state index contributed by atoms with van der Waals surface area (Å²) in [7, 11) is 0. The van der Waals surface area contributed by atoms with Gasteiger partial charge in [0.2, 0.25) is 0 Å². The van der Waals surface area contributed by atoms with E-state index in [-0.39, 0.29) is 0 Å². The van der Waals surface area contributed by atoms with Crippen molar-refractivity contribution >= 4 is 0 Å². The molecule has 0 spiro atoms. The Kier molecular flexibility index (Phi) is 6.15. The van der Waals surface area contributed by atoms with Crippen LogP contribution in [0.2, 0.25) is 0 Å². The third kappa shape index (κ3) is 5.58. The predicted molar refractivity (Wildman–Crippen MR) is 57.6 cm³/mol. The molecule has 1 fully saturated rings. The highest BCUT2D eigenvalue weighted by Gasteiger charge is 2.08. The maximum atomic E-state index is 5.51. The Labute approximate surface area is 87.4 Å². The summed E-state index contributed by atoms with van der Waals surface area (Å²) in [5, 5.41) is 0. The molecule has 0 N–H and O–H groups in total. The number of ether oxygens (including phenoxy) is 2. The van der Waals surface area contributed by atoms with Crippen molar-refractivity contribution in [2.24, 2.45) is 0 Å². The molecule has 0 aromatic carbocycles. The van der Waals surface area contributed by atoms with Gasteiger partial charge in [-0.2, -0.15) is 0 Å². The summed E-state index contributed by atoms with van der Waals surface area (Å²) in [5.41, 5.74) is 0. The van der Waals surface area contributed by atoms with E-state index in [9.17, 15) is 0 Å². The Morgan fingerprint density at radius 2 is 2.14 bits per heavy atom. The van der Waals surface area contributed by atoms with E-state index in [0.717, 1.165) is 39.3 Å². The van der Waals surface area contributed by atoms with Crippen molar-refractivity contribution in [3.05, 3.63) is 0 Å². The molecule has 0 aliphatic carbocycles. The molecule has 0 aromatic rings. The van der Waals surface area contributed by atoms with E-state index in [4.69, 9.17) is 9.47 Å². The highest BCUT2D eigenvalue weighted by Crippen LogP contribution is 2.00. The summed E-state index contributed by atoms with van der Waals surface area (Å²) >= 11 is 0. The van der Waals surface area contributed by atoms with Crippen molar-refractivity contribution in [2.45, 2.75) is 32.8 Å². The first kappa shape index (κ1) is 12.0. The minimum Gasteiger partial charge on any atom is -0.380 e. The van der Waals surface area contributed by atoms with Gasteiger partial charge < -0.3 is 14.4 Å². The van der Waals surface area contributed by atoms with Gasteiger partial charge in [-0.25, -0.2) is 0 Å². The Morgan fingerprint density at radius 3 is 2.93 bits per heavy atom. The summed E-state index contributed by atoms with van der Waals surface area (Å²) in [6, 6.07) is 0. The van der Waals surface area contributed by atoms with Gasteiger partial charge in [-0.15, -0.1) is 0 Å². The van der Waals surface area contributed by atoms with Gasteiger partial charge in [-0.05, 0) is 26.7 Å². The normalized spacial score (nSPS) is 19.9. The zero-order valence-electron chi connectivity index (χ0n) is 9.50. The first-order valence-corrected chi connectivity index (χ1v) is 5.71. The standard InChI is InChI=1S/C11H23NO2/c1-11(2)14-9-4-6-12-5-3-8-13-10-7-12/h11H,3-10H2,1-2H3. The molecular formula is C11H23NO2. The highest BCUT2D eigenvalue weighted by atomic mass is 16.5. The zero-order chi connectivity index (χ0) is 10.2. The molecule has 0 atom stereocenters. The minimum absolute atomic E-state index is 0.363. The summed E-state index contributed by atoms with van der Waals surface area (Å²) < 4.78 is 10.9. The Hall–Kier alpha value is -0.120. The Balaban J connectivity index is 1.99. The zero-order valence-corrected chi connectivity index (χ0v) is 9.50. The lowest BCUT2D eigenvalue weighted by molar-refractivity contribution is 0.0699. The van der Waals surface area contributed by atoms with Gasteiger partial charge in [0.25, 0.3) is 0 Å². The number of hydrogen-bond acceptors (Lipinski definition) is 3. The maximum Gasteiger partial charge on any atom is 0.0593 e. The first-order valence-electron chi connectivity index (χ1n) is 5.71. The molecule has 14 heavy (non-hydrogen) atoms. The maximum absolute atomic E-state index is 5.51. The largest absolute Gasteiger partial charge is 0.380 e. The molecule has 0 radical (unpaired) electrons. The van der Waals surface area contributed by atoms with Crippen molar-refractivity contribution in [1.82, 2.24) is 4.90 Å². The van der Waals surface area contributed by atoms with Crippen LogP contribution in [-0.4, -0.2) is 50.5 Å². The number of hydrogen-bond donors (Lipinski definition) is 0. The van der Waals surface area contributed by atoms with Gasteiger partial charge in [0.1, 0.15) is 0 Å². The average molecular weight is 201 g/mol. The SMILES string of the molecule is CC(C)OCCCN1CCCOCC1. The molecule has 3 heteroatoms. The summed E-state index contributed by atoms with van der Waals surface area (Å²) in [4.78, 5) is 2.47. The van der Waals surface area contributed by atoms with Crippen LogP contribution in [-0.2, 0) is 9.47 Å². The molecule has 0 saturated carbocycles. The van der Waals surface area contributed by atoms with Crippen LogP contribution in [0.25, 0.3) is 0 Å². The van der Waals surface area contributed by atoms with E-state index >= 15 is 0 Å². The topological polar surface area (TPSA) is 21.7 Å². The lowest BCUT2D eigenvalue weighted by Crippen LogP contribution is -2.28.